The highest BCUT2D eigenvalue weighted by atomic mass is 16.5. The van der Waals surface area contributed by atoms with Gasteiger partial charge < -0.3 is 15.4 Å². The average Bonchev–Trinajstić information content (AvgIpc) is 2.97. The van der Waals surface area contributed by atoms with E-state index in [1.165, 1.54) is 25.7 Å². The molecule has 1 aromatic rings. The first kappa shape index (κ1) is 16.4. The third kappa shape index (κ3) is 4.79. The van der Waals surface area contributed by atoms with Crippen LogP contribution in [0, 0.1) is 5.41 Å². The Bertz CT molecular complexity index is 508. The molecular weight excluding hydrogens is 276 g/mol. The van der Waals surface area contributed by atoms with Crippen molar-refractivity contribution in [2.24, 2.45) is 5.41 Å². The van der Waals surface area contributed by atoms with Gasteiger partial charge in [0.1, 0.15) is 12.4 Å². The predicted molar refractivity (Wildman–Crippen MR) is 88.9 cm³/mol. The average molecular weight is 302 g/mol. The van der Waals surface area contributed by atoms with E-state index in [9.17, 15) is 4.79 Å². The number of rotatable bonds is 7. The lowest BCUT2D eigenvalue weighted by Gasteiger charge is -2.23. The van der Waals surface area contributed by atoms with E-state index in [1.54, 1.807) is 6.08 Å². The molecule has 1 aromatic carbocycles. The quantitative estimate of drug-likeness (QED) is 0.756. The van der Waals surface area contributed by atoms with E-state index in [0.29, 0.717) is 13.2 Å². The molecule has 0 saturated heterocycles. The molecule has 0 spiro atoms. The van der Waals surface area contributed by atoms with E-state index in [-0.39, 0.29) is 11.4 Å². The summed E-state index contributed by atoms with van der Waals surface area (Å²) < 4.78 is 5.59. The lowest BCUT2D eigenvalue weighted by Crippen LogP contribution is -2.40. The van der Waals surface area contributed by atoms with Crippen LogP contribution < -0.4 is 15.4 Å². The van der Waals surface area contributed by atoms with Crippen molar-refractivity contribution in [3.8, 4) is 5.75 Å². The molecule has 0 aromatic heterocycles. The van der Waals surface area contributed by atoms with Gasteiger partial charge >= 0.3 is 6.03 Å². The van der Waals surface area contributed by atoms with Crippen molar-refractivity contribution in [2.45, 2.75) is 39.2 Å². The van der Waals surface area contributed by atoms with Gasteiger partial charge in [-0.3, -0.25) is 0 Å². The van der Waals surface area contributed by atoms with Crippen LogP contribution in [0.25, 0.3) is 0 Å². The maximum atomic E-state index is 12.0. The van der Waals surface area contributed by atoms with Crippen molar-refractivity contribution in [1.29, 1.82) is 0 Å². The van der Waals surface area contributed by atoms with Crippen LogP contribution in [0.5, 0.6) is 5.75 Å². The maximum Gasteiger partial charge on any atom is 0.315 e. The summed E-state index contributed by atoms with van der Waals surface area (Å²) in [6, 6.07) is 7.60. The molecule has 1 fully saturated rings. The Balaban J connectivity index is 1.79. The molecular formula is C18H26N2O2. The fourth-order valence-corrected chi connectivity index (χ4v) is 2.88. The normalized spacial score (nSPS) is 16.0. The first-order valence-corrected chi connectivity index (χ1v) is 7.96. The molecule has 4 nitrogen and oxygen atoms in total. The largest absolute Gasteiger partial charge is 0.489 e. The molecule has 4 heteroatoms. The van der Waals surface area contributed by atoms with Gasteiger partial charge in [0.15, 0.2) is 0 Å². The van der Waals surface area contributed by atoms with Gasteiger partial charge in [-0.2, -0.15) is 0 Å². The van der Waals surface area contributed by atoms with Gasteiger partial charge in [-0.15, -0.1) is 0 Å². The second kappa shape index (κ2) is 7.87. The Kier molecular flexibility index (Phi) is 5.87. The summed E-state index contributed by atoms with van der Waals surface area (Å²) in [6.07, 6.45) is 6.65. The van der Waals surface area contributed by atoms with Crippen molar-refractivity contribution in [2.75, 3.05) is 13.2 Å². The number of carbonyl (C=O) groups excluding carboxylic acids is 1. The second-order valence-electron chi connectivity index (χ2n) is 6.26. The zero-order valence-electron chi connectivity index (χ0n) is 13.4. The SMILES string of the molecule is C=CCOc1ccccc1CNC(=O)NCC1(C)CCCC1. The lowest BCUT2D eigenvalue weighted by molar-refractivity contribution is 0.231. The summed E-state index contributed by atoms with van der Waals surface area (Å²) in [7, 11) is 0. The van der Waals surface area contributed by atoms with Gasteiger partial charge in [0, 0.05) is 18.7 Å². The maximum absolute atomic E-state index is 12.0. The van der Waals surface area contributed by atoms with Crippen LogP contribution in [-0.4, -0.2) is 19.2 Å². The number of para-hydroxylation sites is 1. The first-order chi connectivity index (χ1) is 10.6. The number of carbonyl (C=O) groups is 1. The number of nitrogens with one attached hydrogen (secondary N) is 2. The van der Waals surface area contributed by atoms with Gasteiger partial charge in [-0.05, 0) is 24.3 Å². The highest BCUT2D eigenvalue weighted by molar-refractivity contribution is 5.73. The minimum Gasteiger partial charge on any atom is -0.489 e. The Morgan fingerprint density at radius 3 is 2.77 bits per heavy atom. The summed E-state index contributed by atoms with van der Waals surface area (Å²) in [5.74, 6) is 0.783. The number of benzene rings is 1. The Hall–Kier alpha value is -1.97. The third-order valence-corrected chi connectivity index (χ3v) is 4.26. The van der Waals surface area contributed by atoms with Gasteiger partial charge in [0.2, 0.25) is 0 Å². The molecule has 22 heavy (non-hydrogen) atoms. The molecule has 2 amide bonds. The number of ether oxygens (including phenoxy) is 1. The van der Waals surface area contributed by atoms with Gasteiger partial charge in [-0.1, -0.05) is 50.6 Å². The Labute approximate surface area is 132 Å². The van der Waals surface area contributed by atoms with Crippen molar-refractivity contribution in [3.05, 3.63) is 42.5 Å². The lowest BCUT2D eigenvalue weighted by atomic mass is 9.89. The fraction of sp³-hybridized carbons (Fsp3) is 0.500. The molecule has 0 bridgehead atoms. The predicted octanol–water partition coefficient (Wildman–Crippen LogP) is 3.63. The number of amides is 2. The zero-order valence-corrected chi connectivity index (χ0v) is 13.4. The van der Waals surface area contributed by atoms with Crippen LogP contribution in [0.4, 0.5) is 4.79 Å². The Morgan fingerprint density at radius 1 is 1.32 bits per heavy atom. The van der Waals surface area contributed by atoms with E-state index < -0.39 is 0 Å². The van der Waals surface area contributed by atoms with Crippen LogP contribution in [-0.2, 0) is 6.54 Å². The smallest absolute Gasteiger partial charge is 0.315 e. The Morgan fingerprint density at radius 2 is 2.05 bits per heavy atom. The van der Waals surface area contributed by atoms with Crippen LogP contribution >= 0.6 is 0 Å². The standard InChI is InChI=1S/C18H26N2O2/c1-3-12-22-16-9-5-4-8-15(16)13-19-17(21)20-14-18(2)10-6-7-11-18/h3-5,8-9H,1,6-7,10-14H2,2H3,(H2,19,20,21). The van der Waals surface area contributed by atoms with E-state index >= 15 is 0 Å². The van der Waals surface area contributed by atoms with E-state index in [0.717, 1.165) is 17.9 Å². The second-order valence-corrected chi connectivity index (χ2v) is 6.26. The van der Waals surface area contributed by atoms with Crippen molar-refractivity contribution >= 4 is 6.03 Å². The first-order valence-electron chi connectivity index (χ1n) is 7.96. The van der Waals surface area contributed by atoms with Gasteiger partial charge in [0.05, 0.1) is 0 Å². The fourth-order valence-electron chi connectivity index (χ4n) is 2.88. The van der Waals surface area contributed by atoms with Gasteiger partial charge in [0.25, 0.3) is 0 Å². The monoisotopic (exact) mass is 302 g/mol. The summed E-state index contributed by atoms with van der Waals surface area (Å²) in [4.78, 5) is 12.0. The summed E-state index contributed by atoms with van der Waals surface area (Å²) in [5.41, 5.74) is 1.23. The highest BCUT2D eigenvalue weighted by Gasteiger charge is 2.28. The summed E-state index contributed by atoms with van der Waals surface area (Å²) >= 11 is 0. The topological polar surface area (TPSA) is 50.4 Å². The molecule has 2 N–H and O–H groups in total. The molecule has 1 saturated carbocycles. The molecule has 0 unspecified atom stereocenters. The van der Waals surface area contributed by atoms with Crippen LogP contribution in [0.3, 0.4) is 0 Å². The van der Waals surface area contributed by atoms with Crippen molar-refractivity contribution in [1.82, 2.24) is 10.6 Å². The van der Waals surface area contributed by atoms with E-state index in [2.05, 4.69) is 24.1 Å². The number of urea groups is 1. The van der Waals surface area contributed by atoms with Crippen molar-refractivity contribution in [3.63, 3.8) is 0 Å². The zero-order chi connectivity index (χ0) is 15.8. The molecule has 1 aliphatic carbocycles. The molecule has 120 valence electrons. The molecule has 0 atom stereocenters. The van der Waals surface area contributed by atoms with Crippen LogP contribution in [0.2, 0.25) is 0 Å². The minimum atomic E-state index is -0.119. The highest BCUT2D eigenvalue weighted by Crippen LogP contribution is 2.36. The van der Waals surface area contributed by atoms with E-state index in [4.69, 9.17) is 4.74 Å². The molecule has 2 rings (SSSR count). The third-order valence-electron chi connectivity index (χ3n) is 4.26. The van der Waals surface area contributed by atoms with E-state index in [1.807, 2.05) is 24.3 Å². The number of hydrogen-bond donors (Lipinski definition) is 2. The van der Waals surface area contributed by atoms with Crippen LogP contribution in [0.1, 0.15) is 38.2 Å². The molecule has 0 aliphatic heterocycles. The van der Waals surface area contributed by atoms with Crippen molar-refractivity contribution < 1.29 is 9.53 Å². The van der Waals surface area contributed by atoms with Gasteiger partial charge in [-0.25, -0.2) is 4.79 Å². The summed E-state index contributed by atoms with van der Waals surface area (Å²) in [6.45, 7) is 7.55. The van der Waals surface area contributed by atoms with Crippen LogP contribution in [0.15, 0.2) is 36.9 Å². The summed E-state index contributed by atoms with van der Waals surface area (Å²) in [5, 5.41) is 5.89. The minimum absolute atomic E-state index is 0.119. The number of hydrogen-bond acceptors (Lipinski definition) is 2. The molecule has 0 radical (unpaired) electrons. The molecule has 1 aliphatic rings. The molecule has 0 heterocycles.